The van der Waals surface area contributed by atoms with Crippen molar-refractivity contribution in [3.63, 3.8) is 0 Å². The van der Waals surface area contributed by atoms with E-state index in [0.29, 0.717) is 53.4 Å². The second-order valence-electron chi connectivity index (χ2n) is 9.15. The van der Waals surface area contributed by atoms with Crippen LogP contribution in [0.15, 0.2) is 42.7 Å². The number of rotatable bonds is 1. The smallest absolute Gasteiger partial charge is 0.260 e. The van der Waals surface area contributed by atoms with Crippen molar-refractivity contribution < 1.29 is 14.3 Å². The number of nitrogens with zero attached hydrogens (tertiary/aromatic N) is 4. The van der Waals surface area contributed by atoms with Crippen molar-refractivity contribution in [3.8, 4) is 17.3 Å². The monoisotopic (exact) mass is 445 g/mol. The molecule has 2 saturated heterocycles. The summed E-state index contributed by atoms with van der Waals surface area (Å²) < 4.78 is 14.1. The fraction of sp³-hybridized carbons (Fsp3) is 0.440. The van der Waals surface area contributed by atoms with E-state index in [4.69, 9.17) is 9.47 Å². The molecule has 2 fully saturated rings. The molecule has 8 heteroatoms. The molecule has 1 aromatic carbocycles. The summed E-state index contributed by atoms with van der Waals surface area (Å²) >= 11 is 0. The Kier molecular flexibility index (Phi) is 5.30. The van der Waals surface area contributed by atoms with E-state index < -0.39 is 0 Å². The number of benzene rings is 1. The largest absolute Gasteiger partial charge is 0.493 e. The van der Waals surface area contributed by atoms with Crippen molar-refractivity contribution in [1.82, 2.24) is 19.7 Å². The van der Waals surface area contributed by atoms with E-state index in [1.54, 1.807) is 12.4 Å². The summed E-state index contributed by atoms with van der Waals surface area (Å²) in [6, 6.07) is 11.6. The van der Waals surface area contributed by atoms with Gasteiger partial charge in [0.1, 0.15) is 23.6 Å². The van der Waals surface area contributed by atoms with Crippen LogP contribution in [0, 0.1) is 0 Å². The Labute approximate surface area is 192 Å². The highest BCUT2D eigenvalue weighted by Gasteiger charge is 2.36. The molecular formula is C25H27N5O3. The molecule has 0 spiro atoms. The van der Waals surface area contributed by atoms with Gasteiger partial charge in [-0.3, -0.25) is 4.79 Å². The Morgan fingerprint density at radius 1 is 1.06 bits per heavy atom. The van der Waals surface area contributed by atoms with Crippen molar-refractivity contribution in [1.29, 1.82) is 0 Å². The standard InChI is InChI=1S/C25H27N5O3/c31-25-20-14-16(17-12-18-7-8-19(13-17)33-18)6-9-22(20)32-11-2-1-10-30-15-26-29-24(30)21-4-3-5-23(27-21)28-25/h3-6,9,14-15,17-19H,1-2,7-8,10-13H2,(H,27,28,31). The molecule has 0 radical (unpaired) electrons. The zero-order valence-corrected chi connectivity index (χ0v) is 18.4. The molecule has 170 valence electrons. The first kappa shape index (κ1) is 20.4. The molecule has 3 aliphatic heterocycles. The van der Waals surface area contributed by atoms with Crippen molar-refractivity contribution in [3.05, 3.63) is 53.9 Å². The highest BCUT2D eigenvalue weighted by molar-refractivity contribution is 6.06. The SMILES string of the molecule is O=C1Nc2cccc(n2)-c2nncn2CCCCOc2ccc(C3CC4CCC(C3)O4)cc21. The van der Waals surface area contributed by atoms with Gasteiger partial charge < -0.3 is 19.4 Å². The lowest BCUT2D eigenvalue weighted by atomic mass is 9.87. The predicted molar refractivity (Wildman–Crippen MR) is 122 cm³/mol. The number of aryl methyl sites for hydroxylation is 1. The molecule has 0 aliphatic carbocycles. The first-order chi connectivity index (χ1) is 16.2. The Morgan fingerprint density at radius 2 is 1.94 bits per heavy atom. The molecule has 4 bridgehead atoms. The van der Waals surface area contributed by atoms with Gasteiger partial charge in [-0.15, -0.1) is 10.2 Å². The van der Waals surface area contributed by atoms with Crippen LogP contribution in [0.5, 0.6) is 5.75 Å². The van der Waals surface area contributed by atoms with Crippen LogP contribution in [-0.4, -0.2) is 44.5 Å². The summed E-state index contributed by atoms with van der Waals surface area (Å²) in [6.45, 7) is 1.32. The third-order valence-corrected chi connectivity index (χ3v) is 6.90. The highest BCUT2D eigenvalue weighted by atomic mass is 16.5. The number of hydrogen-bond acceptors (Lipinski definition) is 6. The average Bonchev–Trinajstić information content (AvgIpc) is 3.44. The number of carbonyl (C=O) groups excluding carboxylic acids is 1. The van der Waals surface area contributed by atoms with Gasteiger partial charge in [-0.25, -0.2) is 4.98 Å². The number of nitrogens with one attached hydrogen (secondary N) is 1. The molecule has 1 N–H and O–H groups in total. The van der Waals surface area contributed by atoms with E-state index in [0.717, 1.165) is 45.1 Å². The van der Waals surface area contributed by atoms with Crippen LogP contribution in [0.3, 0.4) is 0 Å². The Balaban J connectivity index is 1.33. The maximum atomic E-state index is 13.4. The van der Waals surface area contributed by atoms with Gasteiger partial charge in [0.25, 0.3) is 5.91 Å². The Morgan fingerprint density at radius 3 is 2.82 bits per heavy atom. The minimum absolute atomic E-state index is 0.218. The van der Waals surface area contributed by atoms with Gasteiger partial charge in [0.15, 0.2) is 5.82 Å². The predicted octanol–water partition coefficient (Wildman–Crippen LogP) is 4.19. The molecule has 2 atom stereocenters. The quantitative estimate of drug-likeness (QED) is 0.604. The lowest BCUT2D eigenvalue weighted by Crippen LogP contribution is -2.24. The van der Waals surface area contributed by atoms with Gasteiger partial charge in [-0.2, -0.15) is 0 Å². The number of fused-ring (bicyclic) bond motifs is 7. The van der Waals surface area contributed by atoms with E-state index in [2.05, 4.69) is 26.6 Å². The zero-order chi connectivity index (χ0) is 22.2. The fourth-order valence-corrected chi connectivity index (χ4v) is 5.23. The fourth-order valence-electron chi connectivity index (χ4n) is 5.23. The Hall–Kier alpha value is -3.26. The van der Waals surface area contributed by atoms with Crippen LogP contribution in [0.1, 0.15) is 60.4 Å². The number of pyridine rings is 1. The van der Waals surface area contributed by atoms with Gasteiger partial charge in [-0.05, 0) is 74.3 Å². The van der Waals surface area contributed by atoms with Crippen molar-refractivity contribution in [2.45, 2.75) is 63.2 Å². The van der Waals surface area contributed by atoms with E-state index in [9.17, 15) is 4.79 Å². The zero-order valence-electron chi connectivity index (χ0n) is 18.4. The van der Waals surface area contributed by atoms with E-state index >= 15 is 0 Å². The molecule has 2 aromatic heterocycles. The van der Waals surface area contributed by atoms with Crippen LogP contribution in [0.2, 0.25) is 0 Å². The number of ether oxygens (including phenoxy) is 2. The van der Waals surface area contributed by atoms with Gasteiger partial charge in [0, 0.05) is 6.54 Å². The van der Waals surface area contributed by atoms with E-state index in [-0.39, 0.29) is 5.91 Å². The lowest BCUT2D eigenvalue weighted by Gasteiger charge is -2.29. The van der Waals surface area contributed by atoms with Gasteiger partial charge >= 0.3 is 0 Å². The topological polar surface area (TPSA) is 91.2 Å². The second kappa shape index (κ2) is 8.59. The summed E-state index contributed by atoms with van der Waals surface area (Å²) in [5.74, 6) is 1.98. The molecule has 1 amide bonds. The van der Waals surface area contributed by atoms with Crippen molar-refractivity contribution in [2.75, 3.05) is 11.9 Å². The average molecular weight is 446 g/mol. The first-order valence-corrected chi connectivity index (χ1v) is 11.8. The summed E-state index contributed by atoms with van der Waals surface area (Å²) in [7, 11) is 0. The normalized spacial score (nSPS) is 24.7. The van der Waals surface area contributed by atoms with Gasteiger partial charge in [0.2, 0.25) is 0 Å². The molecule has 0 saturated carbocycles. The molecular weight excluding hydrogens is 418 g/mol. The minimum atomic E-state index is -0.218. The molecule has 6 rings (SSSR count). The number of carbonyl (C=O) groups is 1. The van der Waals surface area contributed by atoms with Crippen LogP contribution in [0.25, 0.3) is 11.5 Å². The molecule has 5 heterocycles. The minimum Gasteiger partial charge on any atom is -0.493 e. The van der Waals surface area contributed by atoms with Crippen molar-refractivity contribution >= 4 is 11.7 Å². The van der Waals surface area contributed by atoms with Crippen LogP contribution >= 0.6 is 0 Å². The summed E-state index contributed by atoms with van der Waals surface area (Å²) in [5.41, 5.74) is 2.42. The summed E-state index contributed by atoms with van der Waals surface area (Å²) in [4.78, 5) is 18.0. The number of amides is 1. The molecule has 3 aliphatic rings. The van der Waals surface area contributed by atoms with Crippen molar-refractivity contribution in [2.24, 2.45) is 0 Å². The second-order valence-corrected chi connectivity index (χ2v) is 9.15. The number of aromatic nitrogens is 4. The Bertz CT molecular complexity index is 1160. The molecule has 2 unspecified atom stereocenters. The van der Waals surface area contributed by atoms with Crippen LogP contribution in [0.4, 0.5) is 5.82 Å². The third kappa shape index (κ3) is 4.11. The molecule has 3 aromatic rings. The summed E-state index contributed by atoms with van der Waals surface area (Å²) in [5, 5.41) is 11.2. The molecule has 8 nitrogen and oxygen atoms in total. The van der Waals surface area contributed by atoms with Gasteiger partial charge in [-0.1, -0.05) is 12.1 Å². The molecule has 33 heavy (non-hydrogen) atoms. The maximum absolute atomic E-state index is 13.4. The number of anilines is 1. The summed E-state index contributed by atoms with van der Waals surface area (Å²) in [6.07, 6.45) is 8.50. The van der Waals surface area contributed by atoms with Gasteiger partial charge in [0.05, 0.1) is 24.4 Å². The third-order valence-electron chi connectivity index (χ3n) is 6.90. The van der Waals surface area contributed by atoms with Crippen LogP contribution < -0.4 is 10.1 Å². The number of hydrogen-bond donors (Lipinski definition) is 1. The first-order valence-electron chi connectivity index (χ1n) is 11.8. The lowest BCUT2D eigenvalue weighted by molar-refractivity contribution is -0.00380. The van der Waals surface area contributed by atoms with Crippen LogP contribution in [-0.2, 0) is 11.3 Å². The maximum Gasteiger partial charge on any atom is 0.260 e. The van der Waals surface area contributed by atoms with E-state index in [1.165, 1.54) is 5.56 Å². The van der Waals surface area contributed by atoms with E-state index in [1.807, 2.05) is 28.8 Å². The highest BCUT2D eigenvalue weighted by Crippen LogP contribution is 2.41.